The van der Waals surface area contributed by atoms with Crippen LogP contribution in [0.3, 0.4) is 0 Å². The zero-order valence-corrected chi connectivity index (χ0v) is 11.6. The molecule has 0 spiro atoms. The molecule has 94 valence electrons. The SMILES string of the molecule is Cc1ccc(/C=C(/CNC(C)C)C(C)C)nc1. The molecule has 0 bridgehead atoms. The molecule has 0 amide bonds. The van der Waals surface area contributed by atoms with E-state index in [0.29, 0.717) is 12.0 Å². The molecule has 1 N–H and O–H groups in total. The summed E-state index contributed by atoms with van der Waals surface area (Å²) in [5.41, 5.74) is 3.65. The molecule has 0 aliphatic carbocycles. The van der Waals surface area contributed by atoms with E-state index in [2.05, 4.69) is 63.1 Å². The van der Waals surface area contributed by atoms with Gasteiger partial charge in [-0.2, -0.15) is 0 Å². The Bertz CT molecular complexity index is 361. The second-order valence-electron chi connectivity index (χ2n) is 5.17. The second-order valence-corrected chi connectivity index (χ2v) is 5.17. The largest absolute Gasteiger partial charge is 0.311 e. The molecule has 0 aliphatic rings. The topological polar surface area (TPSA) is 24.9 Å². The molecule has 1 heterocycles. The molecule has 0 saturated heterocycles. The Labute approximate surface area is 105 Å². The number of rotatable bonds is 5. The first kappa shape index (κ1) is 13.9. The first-order valence-electron chi connectivity index (χ1n) is 6.35. The molecule has 1 rings (SSSR count). The predicted molar refractivity (Wildman–Crippen MR) is 74.9 cm³/mol. The van der Waals surface area contributed by atoms with E-state index in [1.165, 1.54) is 11.1 Å². The number of nitrogens with one attached hydrogen (secondary N) is 1. The van der Waals surface area contributed by atoms with Gasteiger partial charge in [-0.15, -0.1) is 0 Å². The quantitative estimate of drug-likeness (QED) is 0.841. The summed E-state index contributed by atoms with van der Waals surface area (Å²) in [7, 11) is 0. The van der Waals surface area contributed by atoms with E-state index in [1.54, 1.807) is 0 Å². The van der Waals surface area contributed by atoms with Crippen LogP contribution in [0.15, 0.2) is 23.9 Å². The Morgan fingerprint density at radius 3 is 2.47 bits per heavy atom. The van der Waals surface area contributed by atoms with Crippen molar-refractivity contribution < 1.29 is 0 Å². The number of hydrogen-bond acceptors (Lipinski definition) is 2. The Balaban J connectivity index is 2.78. The van der Waals surface area contributed by atoms with Gasteiger partial charge >= 0.3 is 0 Å². The van der Waals surface area contributed by atoms with Gasteiger partial charge in [0.15, 0.2) is 0 Å². The van der Waals surface area contributed by atoms with Crippen molar-refractivity contribution in [1.29, 1.82) is 0 Å². The highest BCUT2D eigenvalue weighted by Crippen LogP contribution is 2.13. The molecule has 0 radical (unpaired) electrons. The molecule has 1 aromatic rings. The van der Waals surface area contributed by atoms with Crippen LogP contribution in [-0.2, 0) is 0 Å². The third-order valence-electron chi connectivity index (χ3n) is 2.72. The second kappa shape index (κ2) is 6.55. The summed E-state index contributed by atoms with van der Waals surface area (Å²) in [6, 6.07) is 4.70. The molecule has 0 unspecified atom stereocenters. The molecular weight excluding hydrogens is 208 g/mol. The lowest BCUT2D eigenvalue weighted by Crippen LogP contribution is -2.26. The molecule has 0 fully saturated rings. The van der Waals surface area contributed by atoms with E-state index in [4.69, 9.17) is 0 Å². The maximum Gasteiger partial charge on any atom is 0.0629 e. The normalized spacial score (nSPS) is 12.5. The lowest BCUT2D eigenvalue weighted by Gasteiger charge is -2.14. The summed E-state index contributed by atoms with van der Waals surface area (Å²) >= 11 is 0. The highest BCUT2D eigenvalue weighted by molar-refractivity contribution is 5.50. The van der Waals surface area contributed by atoms with E-state index in [-0.39, 0.29) is 0 Å². The van der Waals surface area contributed by atoms with E-state index < -0.39 is 0 Å². The average molecular weight is 232 g/mol. The van der Waals surface area contributed by atoms with Gasteiger partial charge in [-0.05, 0) is 30.5 Å². The molecular formula is C15H24N2. The van der Waals surface area contributed by atoms with E-state index >= 15 is 0 Å². The summed E-state index contributed by atoms with van der Waals surface area (Å²) in [5, 5.41) is 3.46. The summed E-state index contributed by atoms with van der Waals surface area (Å²) in [6.07, 6.45) is 4.11. The predicted octanol–water partition coefficient (Wildman–Crippen LogP) is 3.43. The Hall–Kier alpha value is -1.15. The zero-order chi connectivity index (χ0) is 12.8. The lowest BCUT2D eigenvalue weighted by molar-refractivity contribution is 0.593. The maximum absolute atomic E-state index is 4.42. The Morgan fingerprint density at radius 1 is 1.29 bits per heavy atom. The standard InChI is InChI=1S/C15H24N2/c1-11(2)14(10-16-12(3)4)8-15-7-6-13(5)9-17-15/h6-9,11-12,16H,10H2,1-5H3/b14-8-. The van der Waals surface area contributed by atoms with Crippen LogP contribution >= 0.6 is 0 Å². The summed E-state index contributed by atoms with van der Waals surface area (Å²) in [6.45, 7) is 11.8. The Kier molecular flexibility index (Phi) is 5.36. The fourth-order valence-corrected chi connectivity index (χ4v) is 1.50. The van der Waals surface area contributed by atoms with E-state index in [1.807, 2.05) is 6.20 Å². The van der Waals surface area contributed by atoms with Crippen LogP contribution in [0.4, 0.5) is 0 Å². The van der Waals surface area contributed by atoms with Crippen LogP contribution in [0.5, 0.6) is 0 Å². The van der Waals surface area contributed by atoms with Crippen molar-refractivity contribution in [1.82, 2.24) is 10.3 Å². The van der Waals surface area contributed by atoms with Crippen molar-refractivity contribution in [2.75, 3.05) is 6.54 Å². The average Bonchev–Trinajstić information content (AvgIpc) is 2.26. The monoisotopic (exact) mass is 232 g/mol. The summed E-state index contributed by atoms with van der Waals surface area (Å²) in [5.74, 6) is 0.546. The molecule has 0 aromatic carbocycles. The van der Waals surface area contributed by atoms with Crippen LogP contribution in [-0.4, -0.2) is 17.6 Å². The minimum absolute atomic E-state index is 0.517. The molecule has 2 heteroatoms. The van der Waals surface area contributed by atoms with Crippen molar-refractivity contribution in [3.8, 4) is 0 Å². The highest BCUT2D eigenvalue weighted by atomic mass is 14.9. The number of hydrogen-bond donors (Lipinski definition) is 1. The summed E-state index contributed by atoms with van der Waals surface area (Å²) in [4.78, 5) is 4.42. The fourth-order valence-electron chi connectivity index (χ4n) is 1.50. The van der Waals surface area contributed by atoms with Gasteiger partial charge in [0.05, 0.1) is 5.69 Å². The van der Waals surface area contributed by atoms with Gasteiger partial charge in [0.1, 0.15) is 0 Å². The first-order chi connectivity index (χ1) is 7.99. The van der Waals surface area contributed by atoms with Crippen molar-refractivity contribution in [2.45, 2.75) is 40.7 Å². The van der Waals surface area contributed by atoms with Crippen LogP contribution in [0.25, 0.3) is 6.08 Å². The van der Waals surface area contributed by atoms with Crippen molar-refractivity contribution in [2.24, 2.45) is 5.92 Å². The molecule has 17 heavy (non-hydrogen) atoms. The minimum Gasteiger partial charge on any atom is -0.311 e. The molecule has 0 atom stereocenters. The maximum atomic E-state index is 4.42. The van der Waals surface area contributed by atoms with Gasteiger partial charge in [0, 0.05) is 18.8 Å². The van der Waals surface area contributed by atoms with Gasteiger partial charge < -0.3 is 5.32 Å². The van der Waals surface area contributed by atoms with Crippen LogP contribution in [0.1, 0.15) is 39.0 Å². The first-order valence-corrected chi connectivity index (χ1v) is 6.35. The highest BCUT2D eigenvalue weighted by Gasteiger charge is 2.04. The Morgan fingerprint density at radius 2 is 2.00 bits per heavy atom. The van der Waals surface area contributed by atoms with Crippen molar-refractivity contribution in [3.63, 3.8) is 0 Å². The molecule has 0 saturated carbocycles. The smallest absolute Gasteiger partial charge is 0.0629 e. The van der Waals surface area contributed by atoms with Crippen LogP contribution in [0, 0.1) is 12.8 Å². The van der Waals surface area contributed by atoms with E-state index in [9.17, 15) is 0 Å². The third kappa shape index (κ3) is 5.14. The van der Waals surface area contributed by atoms with Crippen LogP contribution in [0.2, 0.25) is 0 Å². The van der Waals surface area contributed by atoms with Crippen molar-refractivity contribution in [3.05, 3.63) is 35.2 Å². The minimum atomic E-state index is 0.517. The van der Waals surface area contributed by atoms with Crippen molar-refractivity contribution >= 4 is 6.08 Å². The number of nitrogens with zero attached hydrogens (tertiary/aromatic N) is 1. The molecule has 0 aliphatic heterocycles. The molecule has 1 aromatic heterocycles. The van der Waals surface area contributed by atoms with Gasteiger partial charge in [0.2, 0.25) is 0 Å². The molecule has 2 nitrogen and oxygen atoms in total. The number of pyridine rings is 1. The number of aromatic nitrogens is 1. The summed E-state index contributed by atoms with van der Waals surface area (Å²) < 4.78 is 0. The lowest BCUT2D eigenvalue weighted by atomic mass is 10.0. The van der Waals surface area contributed by atoms with Gasteiger partial charge in [-0.25, -0.2) is 0 Å². The van der Waals surface area contributed by atoms with Gasteiger partial charge in [-0.1, -0.05) is 39.3 Å². The zero-order valence-electron chi connectivity index (χ0n) is 11.6. The fraction of sp³-hybridized carbons (Fsp3) is 0.533. The van der Waals surface area contributed by atoms with Gasteiger partial charge in [-0.3, -0.25) is 4.98 Å². The van der Waals surface area contributed by atoms with Gasteiger partial charge in [0.25, 0.3) is 0 Å². The number of aryl methyl sites for hydroxylation is 1. The van der Waals surface area contributed by atoms with Crippen LogP contribution < -0.4 is 5.32 Å². The van der Waals surface area contributed by atoms with E-state index in [0.717, 1.165) is 12.2 Å². The third-order valence-corrected chi connectivity index (χ3v) is 2.72.